The number of hydrogen-bond acceptors (Lipinski definition) is 0. The first kappa shape index (κ1) is 6.74. The third-order valence-electron chi connectivity index (χ3n) is 1.11. The maximum absolute atomic E-state index is 3.82. The molecule has 0 N–H and O–H groups in total. The lowest BCUT2D eigenvalue weighted by atomic mass is 10.0. The van der Waals surface area contributed by atoms with E-state index in [4.69, 9.17) is 0 Å². The molecule has 41 valence electrons. The Morgan fingerprint density at radius 2 is 2.00 bits per heavy atom. The Morgan fingerprint density at radius 3 is 2.00 bits per heavy atom. The highest BCUT2D eigenvalue weighted by molar-refractivity contribution is 5.07. The van der Waals surface area contributed by atoms with Crippen molar-refractivity contribution in [3.63, 3.8) is 0 Å². The molecule has 1 radical (unpaired) electrons. The number of allylic oxidation sites excluding steroid dienone is 1. The van der Waals surface area contributed by atoms with Gasteiger partial charge in [-0.05, 0) is 12.3 Å². The van der Waals surface area contributed by atoms with Crippen LogP contribution >= 0.6 is 0 Å². The molecule has 0 bridgehead atoms. The summed E-state index contributed by atoms with van der Waals surface area (Å²) in [5, 5.41) is 0. The van der Waals surface area contributed by atoms with Crippen LogP contribution in [0.25, 0.3) is 0 Å². The summed E-state index contributed by atoms with van der Waals surface area (Å²) in [6, 6.07) is 0. The van der Waals surface area contributed by atoms with Crippen molar-refractivity contribution in [3.8, 4) is 0 Å². The van der Waals surface area contributed by atoms with E-state index in [-0.39, 0.29) is 0 Å². The minimum absolute atomic E-state index is 0.616. The van der Waals surface area contributed by atoms with Crippen molar-refractivity contribution in [2.24, 2.45) is 5.92 Å². The molecule has 0 aromatic carbocycles. The highest BCUT2D eigenvalue weighted by Crippen LogP contribution is 2.07. The molecular formula is C7H13. The van der Waals surface area contributed by atoms with Crippen molar-refractivity contribution in [2.45, 2.75) is 20.8 Å². The third-order valence-corrected chi connectivity index (χ3v) is 1.11. The van der Waals surface area contributed by atoms with Crippen molar-refractivity contribution >= 4 is 0 Å². The molecule has 0 saturated carbocycles. The second-order valence-corrected chi connectivity index (χ2v) is 2.02. The topological polar surface area (TPSA) is 0 Å². The summed E-state index contributed by atoms with van der Waals surface area (Å²) in [6.45, 7) is 10.1. The van der Waals surface area contributed by atoms with Crippen molar-refractivity contribution in [1.29, 1.82) is 0 Å². The Balaban J connectivity index is 3.35. The first-order valence-corrected chi connectivity index (χ1v) is 2.66. The standard InChI is InChI=1S/C7H13/c1-5-7(4)6(2)3/h5-6H,4H2,1-3H3. The molecule has 0 heterocycles. The zero-order valence-electron chi connectivity index (χ0n) is 5.36. The lowest BCUT2D eigenvalue weighted by Gasteiger charge is -2.02. The van der Waals surface area contributed by atoms with Crippen LogP contribution in [-0.2, 0) is 0 Å². The molecule has 0 heteroatoms. The molecule has 0 atom stereocenters. The zero-order chi connectivity index (χ0) is 5.86. The van der Waals surface area contributed by atoms with Crippen LogP contribution in [0.4, 0.5) is 0 Å². The molecule has 0 fully saturated rings. The molecule has 0 aromatic heterocycles. The maximum atomic E-state index is 3.82. The summed E-state index contributed by atoms with van der Waals surface area (Å²) >= 11 is 0. The molecule has 0 nitrogen and oxygen atoms in total. The van der Waals surface area contributed by atoms with Crippen molar-refractivity contribution < 1.29 is 0 Å². The molecule has 0 rings (SSSR count). The second kappa shape index (κ2) is 2.84. The predicted molar refractivity (Wildman–Crippen MR) is 34.0 cm³/mol. The van der Waals surface area contributed by atoms with E-state index < -0.39 is 0 Å². The van der Waals surface area contributed by atoms with E-state index in [1.165, 1.54) is 5.57 Å². The Kier molecular flexibility index (Phi) is 2.73. The Labute approximate surface area is 46.2 Å². The van der Waals surface area contributed by atoms with E-state index >= 15 is 0 Å². The fourth-order valence-corrected chi connectivity index (χ4v) is 0.333. The van der Waals surface area contributed by atoms with Crippen LogP contribution in [0.15, 0.2) is 12.2 Å². The van der Waals surface area contributed by atoms with E-state index in [9.17, 15) is 0 Å². The largest absolute Gasteiger partial charge is 0.0993 e. The smallest absolute Gasteiger partial charge is 0.0169 e. The molecule has 0 aliphatic heterocycles. The molecule has 0 aromatic rings. The van der Waals surface area contributed by atoms with Gasteiger partial charge in [-0.1, -0.05) is 32.9 Å². The van der Waals surface area contributed by atoms with Crippen LogP contribution in [0.2, 0.25) is 0 Å². The van der Waals surface area contributed by atoms with Crippen LogP contribution in [0.1, 0.15) is 20.8 Å². The molecular weight excluding hydrogens is 84.1 g/mol. The third kappa shape index (κ3) is 2.44. The maximum Gasteiger partial charge on any atom is -0.0169 e. The number of rotatable bonds is 2. The average Bonchev–Trinajstić information content (AvgIpc) is 1.65. The van der Waals surface area contributed by atoms with Gasteiger partial charge in [-0.15, -0.1) is 0 Å². The Morgan fingerprint density at radius 1 is 1.57 bits per heavy atom. The SMILES string of the molecule is C=C([CH]C)C(C)C. The summed E-state index contributed by atoms with van der Waals surface area (Å²) < 4.78 is 0. The quantitative estimate of drug-likeness (QED) is 0.496. The summed E-state index contributed by atoms with van der Waals surface area (Å²) in [5.74, 6) is 0.616. The molecule has 0 saturated heterocycles. The lowest BCUT2D eigenvalue weighted by molar-refractivity contribution is 0.779. The molecule has 0 aliphatic carbocycles. The van der Waals surface area contributed by atoms with Gasteiger partial charge in [-0.2, -0.15) is 0 Å². The molecule has 7 heavy (non-hydrogen) atoms. The summed E-state index contributed by atoms with van der Waals surface area (Å²) in [6.07, 6.45) is 2.05. The average molecular weight is 97.2 g/mol. The van der Waals surface area contributed by atoms with E-state index in [0.29, 0.717) is 5.92 Å². The van der Waals surface area contributed by atoms with Crippen LogP contribution in [0.5, 0.6) is 0 Å². The van der Waals surface area contributed by atoms with Gasteiger partial charge in [0, 0.05) is 0 Å². The van der Waals surface area contributed by atoms with Gasteiger partial charge < -0.3 is 0 Å². The van der Waals surface area contributed by atoms with Crippen molar-refractivity contribution in [3.05, 3.63) is 18.6 Å². The van der Waals surface area contributed by atoms with Gasteiger partial charge in [-0.25, -0.2) is 0 Å². The van der Waals surface area contributed by atoms with E-state index in [1.54, 1.807) is 0 Å². The minimum Gasteiger partial charge on any atom is -0.0993 e. The monoisotopic (exact) mass is 97.1 g/mol. The van der Waals surface area contributed by atoms with Crippen LogP contribution in [0, 0.1) is 12.3 Å². The molecule has 0 spiro atoms. The molecule has 0 amide bonds. The van der Waals surface area contributed by atoms with Gasteiger partial charge in [0.25, 0.3) is 0 Å². The van der Waals surface area contributed by atoms with Crippen molar-refractivity contribution in [1.82, 2.24) is 0 Å². The normalized spacial score (nSPS) is 9.71. The van der Waals surface area contributed by atoms with Gasteiger partial charge in [0.05, 0.1) is 0 Å². The lowest BCUT2D eigenvalue weighted by Crippen LogP contribution is -1.88. The first-order valence-electron chi connectivity index (χ1n) is 2.66. The number of hydrogen-bond donors (Lipinski definition) is 0. The first-order chi connectivity index (χ1) is 3.18. The fourth-order valence-electron chi connectivity index (χ4n) is 0.333. The van der Waals surface area contributed by atoms with E-state index in [2.05, 4.69) is 20.4 Å². The summed E-state index contributed by atoms with van der Waals surface area (Å²) in [7, 11) is 0. The van der Waals surface area contributed by atoms with Crippen LogP contribution in [0.3, 0.4) is 0 Å². The van der Waals surface area contributed by atoms with Gasteiger partial charge in [0.1, 0.15) is 0 Å². The summed E-state index contributed by atoms with van der Waals surface area (Å²) in [4.78, 5) is 0. The minimum atomic E-state index is 0.616. The zero-order valence-corrected chi connectivity index (χ0v) is 5.36. The summed E-state index contributed by atoms with van der Waals surface area (Å²) in [5.41, 5.74) is 1.22. The highest BCUT2D eigenvalue weighted by Gasteiger charge is 1.93. The van der Waals surface area contributed by atoms with Gasteiger partial charge in [-0.3, -0.25) is 0 Å². The van der Waals surface area contributed by atoms with Gasteiger partial charge in [0.15, 0.2) is 0 Å². The second-order valence-electron chi connectivity index (χ2n) is 2.02. The van der Waals surface area contributed by atoms with Crippen molar-refractivity contribution in [2.75, 3.05) is 0 Å². The van der Waals surface area contributed by atoms with Gasteiger partial charge >= 0.3 is 0 Å². The van der Waals surface area contributed by atoms with Gasteiger partial charge in [0.2, 0.25) is 0 Å². The predicted octanol–water partition coefficient (Wildman–Crippen LogP) is 2.42. The fraction of sp³-hybridized carbons (Fsp3) is 0.571. The Bertz CT molecular complexity index is 60.4. The molecule has 0 unspecified atom stereocenters. The van der Waals surface area contributed by atoms with Crippen LogP contribution < -0.4 is 0 Å². The highest BCUT2D eigenvalue weighted by atomic mass is 14.0. The van der Waals surface area contributed by atoms with E-state index in [1.807, 2.05) is 13.3 Å². The Hall–Kier alpha value is -0.260. The van der Waals surface area contributed by atoms with Crippen LogP contribution in [-0.4, -0.2) is 0 Å². The molecule has 0 aliphatic rings. The van der Waals surface area contributed by atoms with E-state index in [0.717, 1.165) is 0 Å².